The lowest BCUT2D eigenvalue weighted by Gasteiger charge is -2.05. The van der Waals surface area contributed by atoms with E-state index in [9.17, 15) is 9.59 Å². The number of rotatable bonds is 5. The van der Waals surface area contributed by atoms with Crippen LogP contribution >= 0.6 is 0 Å². The first-order valence-corrected chi connectivity index (χ1v) is 8.33. The van der Waals surface area contributed by atoms with Crippen LogP contribution in [0.5, 0.6) is 0 Å². The number of amides is 2. The van der Waals surface area contributed by atoms with E-state index in [0.29, 0.717) is 11.6 Å². The Labute approximate surface area is 148 Å². The van der Waals surface area contributed by atoms with Crippen molar-refractivity contribution in [2.45, 2.75) is 33.1 Å². The van der Waals surface area contributed by atoms with E-state index in [1.54, 1.807) is 12.1 Å². The molecule has 2 aromatic carbocycles. The summed E-state index contributed by atoms with van der Waals surface area (Å²) in [5.74, 6) is -1.10. The Balaban J connectivity index is 1.86. The van der Waals surface area contributed by atoms with Crippen molar-refractivity contribution in [3.05, 3.63) is 65.2 Å². The van der Waals surface area contributed by atoms with Gasteiger partial charge in [0.15, 0.2) is 0 Å². The topological polar surface area (TPSA) is 70.6 Å². The highest BCUT2D eigenvalue weighted by molar-refractivity contribution is 6.39. The fourth-order valence-electron chi connectivity index (χ4n) is 2.19. The lowest BCUT2D eigenvalue weighted by Crippen LogP contribution is -2.32. The van der Waals surface area contributed by atoms with Gasteiger partial charge in [-0.05, 0) is 41.2 Å². The van der Waals surface area contributed by atoms with Gasteiger partial charge in [0.25, 0.3) is 0 Å². The van der Waals surface area contributed by atoms with Crippen LogP contribution in [0.15, 0.2) is 53.6 Å². The van der Waals surface area contributed by atoms with Gasteiger partial charge in [-0.1, -0.05) is 57.2 Å². The molecule has 0 atom stereocenters. The van der Waals surface area contributed by atoms with Crippen molar-refractivity contribution >= 4 is 23.7 Å². The monoisotopic (exact) mass is 337 g/mol. The largest absolute Gasteiger partial charge is 0.329 e. The molecule has 0 saturated carbocycles. The van der Waals surface area contributed by atoms with Gasteiger partial charge in [0.1, 0.15) is 0 Å². The van der Waals surface area contributed by atoms with Crippen LogP contribution in [0.1, 0.15) is 43.4 Å². The number of anilines is 1. The Bertz CT molecular complexity index is 748. The summed E-state index contributed by atoms with van der Waals surface area (Å²) in [4.78, 5) is 23.6. The second-order valence-corrected chi connectivity index (χ2v) is 6.03. The quantitative estimate of drug-likeness (QED) is 0.498. The van der Waals surface area contributed by atoms with Crippen LogP contribution in [0.4, 0.5) is 5.69 Å². The first-order valence-electron chi connectivity index (χ1n) is 8.33. The summed E-state index contributed by atoms with van der Waals surface area (Å²) in [5, 5.41) is 6.36. The molecule has 130 valence electrons. The molecule has 2 N–H and O–H groups in total. The van der Waals surface area contributed by atoms with Gasteiger partial charge in [-0.2, -0.15) is 5.10 Å². The maximum atomic E-state index is 11.8. The number of nitrogens with one attached hydrogen (secondary N) is 2. The summed E-state index contributed by atoms with van der Waals surface area (Å²) in [5.41, 5.74) is 6.05. The van der Waals surface area contributed by atoms with Crippen molar-refractivity contribution < 1.29 is 9.59 Å². The molecular formula is C20H23N3O2. The van der Waals surface area contributed by atoms with Crippen LogP contribution in [0.25, 0.3) is 0 Å². The minimum Gasteiger partial charge on any atom is -0.318 e. The minimum absolute atomic E-state index is 0.459. The normalized spacial score (nSPS) is 10.9. The summed E-state index contributed by atoms with van der Waals surface area (Å²) in [6.45, 7) is 6.30. The summed E-state index contributed by atoms with van der Waals surface area (Å²) in [6.07, 6.45) is 2.42. The maximum absolute atomic E-state index is 11.8. The minimum atomic E-state index is -0.811. The van der Waals surface area contributed by atoms with Gasteiger partial charge < -0.3 is 5.32 Å². The third kappa shape index (κ3) is 5.57. The van der Waals surface area contributed by atoms with E-state index in [-0.39, 0.29) is 0 Å². The predicted molar refractivity (Wildman–Crippen MR) is 101 cm³/mol. The number of nitrogens with zero attached hydrogens (tertiary/aromatic N) is 1. The van der Waals surface area contributed by atoms with E-state index in [1.807, 2.05) is 36.4 Å². The van der Waals surface area contributed by atoms with Gasteiger partial charge >= 0.3 is 11.8 Å². The molecule has 5 nitrogen and oxygen atoms in total. The number of hydrogen-bond donors (Lipinski definition) is 2. The molecule has 0 aliphatic heterocycles. The Morgan fingerprint density at radius 3 is 2.20 bits per heavy atom. The van der Waals surface area contributed by atoms with Crippen molar-refractivity contribution in [1.29, 1.82) is 0 Å². The second-order valence-electron chi connectivity index (χ2n) is 6.03. The molecule has 0 radical (unpaired) electrons. The zero-order valence-electron chi connectivity index (χ0n) is 14.7. The molecule has 2 rings (SSSR count). The molecule has 0 aliphatic carbocycles. The highest BCUT2D eigenvalue weighted by Gasteiger charge is 2.12. The molecular weight excluding hydrogens is 314 g/mol. The number of hydrogen-bond acceptors (Lipinski definition) is 3. The van der Waals surface area contributed by atoms with E-state index in [2.05, 4.69) is 36.6 Å². The van der Waals surface area contributed by atoms with Gasteiger partial charge in [-0.3, -0.25) is 9.59 Å². The molecule has 0 unspecified atom stereocenters. The highest BCUT2D eigenvalue weighted by Crippen LogP contribution is 2.13. The summed E-state index contributed by atoms with van der Waals surface area (Å²) >= 11 is 0. The third-order valence-corrected chi connectivity index (χ3v) is 3.81. The zero-order chi connectivity index (χ0) is 18.2. The molecule has 0 aliphatic rings. The Hall–Kier alpha value is -2.95. The zero-order valence-corrected chi connectivity index (χ0v) is 14.7. The van der Waals surface area contributed by atoms with Crippen molar-refractivity contribution in [2.75, 3.05) is 5.32 Å². The fraction of sp³-hybridized carbons (Fsp3) is 0.250. The van der Waals surface area contributed by atoms with Crippen molar-refractivity contribution in [2.24, 2.45) is 5.10 Å². The number of carbonyl (C=O) groups is 2. The Morgan fingerprint density at radius 1 is 1.00 bits per heavy atom. The molecule has 2 aromatic rings. The van der Waals surface area contributed by atoms with E-state index in [1.165, 1.54) is 11.8 Å². The van der Waals surface area contributed by atoms with Crippen molar-refractivity contribution in [3.8, 4) is 0 Å². The second kappa shape index (κ2) is 8.78. The first kappa shape index (κ1) is 18.4. The van der Waals surface area contributed by atoms with Crippen LogP contribution in [-0.2, 0) is 16.0 Å². The van der Waals surface area contributed by atoms with Crippen LogP contribution < -0.4 is 10.7 Å². The average Bonchev–Trinajstić information content (AvgIpc) is 2.62. The summed E-state index contributed by atoms with van der Waals surface area (Å²) in [7, 11) is 0. The Kier molecular flexibility index (Phi) is 6.46. The number of carbonyl (C=O) groups excluding carboxylic acids is 2. The van der Waals surface area contributed by atoms with Crippen LogP contribution in [-0.4, -0.2) is 18.0 Å². The van der Waals surface area contributed by atoms with Gasteiger partial charge in [0, 0.05) is 5.69 Å². The van der Waals surface area contributed by atoms with E-state index >= 15 is 0 Å². The van der Waals surface area contributed by atoms with E-state index < -0.39 is 11.8 Å². The predicted octanol–water partition coefficient (Wildman–Crippen LogP) is 3.46. The molecule has 0 fully saturated rings. The summed E-state index contributed by atoms with van der Waals surface area (Å²) in [6, 6.07) is 15.2. The Morgan fingerprint density at radius 2 is 1.64 bits per heavy atom. The van der Waals surface area contributed by atoms with Crippen molar-refractivity contribution in [3.63, 3.8) is 0 Å². The molecule has 0 heterocycles. The summed E-state index contributed by atoms with van der Waals surface area (Å²) < 4.78 is 0. The number of hydrazone groups is 1. The molecule has 25 heavy (non-hydrogen) atoms. The number of aryl methyl sites for hydroxylation is 1. The van der Waals surface area contributed by atoms with Crippen molar-refractivity contribution in [1.82, 2.24) is 5.43 Å². The van der Waals surface area contributed by atoms with E-state index in [4.69, 9.17) is 0 Å². The molecule has 0 saturated heterocycles. The van der Waals surface area contributed by atoms with E-state index in [0.717, 1.165) is 17.5 Å². The van der Waals surface area contributed by atoms with Crippen LogP contribution in [0.2, 0.25) is 0 Å². The molecule has 5 heteroatoms. The molecule has 0 spiro atoms. The first-order chi connectivity index (χ1) is 12.0. The van der Waals surface area contributed by atoms with Gasteiger partial charge in [-0.15, -0.1) is 0 Å². The standard InChI is InChI=1S/C20H23N3O2/c1-4-15-7-11-18(12-8-15)22-19(24)20(25)23-21-13-16-5-9-17(10-6-16)14(2)3/h5-14H,4H2,1-3H3,(H,22,24)(H,23,25)/b21-13-. The molecule has 0 bridgehead atoms. The highest BCUT2D eigenvalue weighted by atomic mass is 16.2. The maximum Gasteiger partial charge on any atom is 0.329 e. The van der Waals surface area contributed by atoms with Crippen LogP contribution in [0.3, 0.4) is 0 Å². The number of benzene rings is 2. The molecule has 0 aromatic heterocycles. The van der Waals surface area contributed by atoms with Gasteiger partial charge in [-0.25, -0.2) is 5.43 Å². The van der Waals surface area contributed by atoms with Gasteiger partial charge in [0.2, 0.25) is 0 Å². The lowest BCUT2D eigenvalue weighted by atomic mass is 10.0. The molecule has 2 amide bonds. The van der Waals surface area contributed by atoms with Crippen LogP contribution in [0, 0.1) is 0 Å². The smallest absolute Gasteiger partial charge is 0.318 e. The SMILES string of the molecule is CCc1ccc(NC(=O)C(=O)N/N=C\c2ccc(C(C)C)cc2)cc1. The average molecular weight is 337 g/mol. The lowest BCUT2D eigenvalue weighted by molar-refractivity contribution is -0.136. The fourth-order valence-corrected chi connectivity index (χ4v) is 2.19. The van der Waals surface area contributed by atoms with Gasteiger partial charge in [0.05, 0.1) is 6.21 Å². The third-order valence-electron chi connectivity index (χ3n) is 3.81.